The number of allylic oxidation sites excluding steroid dienone is 3. The molecule has 1 aliphatic rings. The molecule has 14 heavy (non-hydrogen) atoms. The van der Waals surface area contributed by atoms with Gasteiger partial charge in [-0.2, -0.15) is 0 Å². The maximum Gasteiger partial charge on any atom is 0.407 e. The second kappa shape index (κ2) is 5.70. The predicted octanol–water partition coefficient (Wildman–Crippen LogP) is 2.43. The molecule has 0 fully saturated rings. The summed E-state index contributed by atoms with van der Waals surface area (Å²) in [7, 11) is 0. The van der Waals surface area contributed by atoms with Crippen LogP contribution in [0, 0.1) is 5.92 Å². The minimum Gasteiger partial charge on any atom is -0.450 e. The molecule has 1 amide bonds. The zero-order valence-corrected chi connectivity index (χ0v) is 8.88. The zero-order chi connectivity index (χ0) is 10.4. The minimum atomic E-state index is -0.360. The SMILES string of the molecule is CCOC(=O)NCC1C=CC(Cl)=CC1. The Bertz CT molecular complexity index is 261. The van der Waals surface area contributed by atoms with Crippen molar-refractivity contribution in [3.8, 4) is 0 Å². The number of hydrogen-bond donors (Lipinski definition) is 1. The highest BCUT2D eigenvalue weighted by Gasteiger charge is 2.09. The van der Waals surface area contributed by atoms with Gasteiger partial charge in [-0.25, -0.2) is 4.79 Å². The second-order valence-electron chi connectivity index (χ2n) is 3.05. The van der Waals surface area contributed by atoms with Crippen LogP contribution in [-0.2, 0) is 4.74 Å². The van der Waals surface area contributed by atoms with E-state index in [0.29, 0.717) is 19.1 Å². The lowest BCUT2D eigenvalue weighted by Crippen LogP contribution is -2.29. The molecule has 0 radical (unpaired) electrons. The third-order valence-corrected chi connectivity index (χ3v) is 2.21. The molecule has 0 bridgehead atoms. The largest absolute Gasteiger partial charge is 0.450 e. The summed E-state index contributed by atoms with van der Waals surface area (Å²) in [6, 6.07) is 0. The third-order valence-electron chi connectivity index (χ3n) is 1.93. The Morgan fingerprint density at radius 3 is 3.14 bits per heavy atom. The van der Waals surface area contributed by atoms with Gasteiger partial charge in [-0.1, -0.05) is 23.8 Å². The Hall–Kier alpha value is -0.960. The molecule has 0 heterocycles. The first-order valence-electron chi connectivity index (χ1n) is 4.67. The van der Waals surface area contributed by atoms with Crippen molar-refractivity contribution < 1.29 is 9.53 Å². The fraction of sp³-hybridized carbons (Fsp3) is 0.500. The van der Waals surface area contributed by atoms with Crippen LogP contribution in [0.1, 0.15) is 13.3 Å². The molecule has 1 unspecified atom stereocenters. The number of alkyl carbamates (subject to hydrolysis) is 1. The van der Waals surface area contributed by atoms with Crippen molar-refractivity contribution in [1.82, 2.24) is 5.32 Å². The highest BCUT2D eigenvalue weighted by molar-refractivity contribution is 6.31. The van der Waals surface area contributed by atoms with Crippen LogP contribution in [0.3, 0.4) is 0 Å². The minimum absolute atomic E-state index is 0.321. The van der Waals surface area contributed by atoms with E-state index in [9.17, 15) is 4.79 Å². The van der Waals surface area contributed by atoms with Crippen LogP contribution in [0.2, 0.25) is 0 Å². The Morgan fingerprint density at radius 1 is 1.79 bits per heavy atom. The van der Waals surface area contributed by atoms with Crippen molar-refractivity contribution in [2.75, 3.05) is 13.2 Å². The summed E-state index contributed by atoms with van der Waals surface area (Å²) < 4.78 is 4.74. The van der Waals surface area contributed by atoms with Crippen molar-refractivity contribution in [2.24, 2.45) is 5.92 Å². The van der Waals surface area contributed by atoms with Crippen molar-refractivity contribution in [3.05, 3.63) is 23.3 Å². The second-order valence-corrected chi connectivity index (χ2v) is 3.48. The van der Waals surface area contributed by atoms with Gasteiger partial charge in [-0.3, -0.25) is 0 Å². The lowest BCUT2D eigenvalue weighted by atomic mass is 10.0. The maximum absolute atomic E-state index is 11.0. The molecule has 4 heteroatoms. The van der Waals surface area contributed by atoms with Gasteiger partial charge < -0.3 is 10.1 Å². The zero-order valence-electron chi connectivity index (χ0n) is 8.13. The Labute approximate surface area is 88.8 Å². The third kappa shape index (κ3) is 3.83. The van der Waals surface area contributed by atoms with E-state index in [2.05, 4.69) is 5.32 Å². The van der Waals surface area contributed by atoms with E-state index < -0.39 is 0 Å². The molecule has 78 valence electrons. The molecule has 0 aromatic heterocycles. The normalized spacial score (nSPS) is 20.1. The number of nitrogens with one attached hydrogen (secondary N) is 1. The molecule has 0 aromatic rings. The van der Waals surface area contributed by atoms with Crippen molar-refractivity contribution >= 4 is 17.7 Å². The van der Waals surface area contributed by atoms with Crippen LogP contribution in [0.4, 0.5) is 4.79 Å². The van der Waals surface area contributed by atoms with E-state index in [0.717, 1.165) is 11.5 Å². The summed E-state index contributed by atoms with van der Waals surface area (Å²) in [5, 5.41) is 3.44. The predicted molar refractivity (Wildman–Crippen MR) is 56.2 cm³/mol. The summed E-state index contributed by atoms with van der Waals surface area (Å²) in [6.07, 6.45) is 6.29. The molecule has 3 nitrogen and oxygen atoms in total. The molecule has 0 saturated carbocycles. The highest BCUT2D eigenvalue weighted by atomic mass is 35.5. The fourth-order valence-corrected chi connectivity index (χ4v) is 1.35. The number of halogens is 1. The Kier molecular flexibility index (Phi) is 4.53. The van der Waals surface area contributed by atoms with E-state index in [1.54, 1.807) is 6.92 Å². The van der Waals surface area contributed by atoms with Gasteiger partial charge in [0.25, 0.3) is 0 Å². The summed E-state index contributed by atoms with van der Waals surface area (Å²) in [5.41, 5.74) is 0. The number of carbonyl (C=O) groups excluding carboxylic acids is 1. The van der Waals surface area contributed by atoms with Crippen LogP contribution in [-0.4, -0.2) is 19.2 Å². The lowest BCUT2D eigenvalue weighted by Gasteiger charge is -2.14. The van der Waals surface area contributed by atoms with Crippen LogP contribution in [0.5, 0.6) is 0 Å². The van der Waals surface area contributed by atoms with Gasteiger partial charge in [0, 0.05) is 11.6 Å². The summed E-state index contributed by atoms with van der Waals surface area (Å²) >= 11 is 5.76. The van der Waals surface area contributed by atoms with E-state index in [1.807, 2.05) is 18.2 Å². The van der Waals surface area contributed by atoms with Crippen LogP contribution < -0.4 is 5.32 Å². The van der Waals surface area contributed by atoms with E-state index >= 15 is 0 Å². The summed E-state index contributed by atoms with van der Waals surface area (Å²) in [4.78, 5) is 11.0. The van der Waals surface area contributed by atoms with E-state index in [1.165, 1.54) is 0 Å². The Morgan fingerprint density at radius 2 is 2.57 bits per heavy atom. The van der Waals surface area contributed by atoms with Gasteiger partial charge in [0.2, 0.25) is 0 Å². The molecule has 0 saturated heterocycles. The Balaban J connectivity index is 2.21. The fourth-order valence-electron chi connectivity index (χ4n) is 1.19. The van der Waals surface area contributed by atoms with Gasteiger partial charge in [0.05, 0.1) is 6.61 Å². The standard InChI is InChI=1S/C10H14ClNO2/c1-2-14-10(13)12-7-8-3-5-9(11)6-4-8/h3,5-6,8H,2,4,7H2,1H3,(H,12,13). The monoisotopic (exact) mass is 215 g/mol. The van der Waals surface area contributed by atoms with Gasteiger partial charge in [-0.15, -0.1) is 0 Å². The van der Waals surface area contributed by atoms with Crippen LogP contribution in [0.25, 0.3) is 0 Å². The topological polar surface area (TPSA) is 38.3 Å². The van der Waals surface area contributed by atoms with E-state index in [4.69, 9.17) is 16.3 Å². The molecule has 0 spiro atoms. The smallest absolute Gasteiger partial charge is 0.407 e. The van der Waals surface area contributed by atoms with Gasteiger partial charge in [-0.05, 0) is 25.3 Å². The maximum atomic E-state index is 11.0. The van der Waals surface area contributed by atoms with Crippen LogP contribution in [0.15, 0.2) is 23.3 Å². The quantitative estimate of drug-likeness (QED) is 0.785. The van der Waals surface area contributed by atoms with Crippen molar-refractivity contribution in [2.45, 2.75) is 13.3 Å². The van der Waals surface area contributed by atoms with Crippen molar-refractivity contribution in [3.63, 3.8) is 0 Å². The molecule has 1 N–H and O–H groups in total. The number of hydrogen-bond acceptors (Lipinski definition) is 2. The van der Waals surface area contributed by atoms with E-state index in [-0.39, 0.29) is 6.09 Å². The summed E-state index contributed by atoms with van der Waals surface area (Å²) in [5.74, 6) is 0.321. The van der Waals surface area contributed by atoms with Crippen molar-refractivity contribution in [1.29, 1.82) is 0 Å². The molecule has 1 aliphatic carbocycles. The first-order valence-corrected chi connectivity index (χ1v) is 5.04. The number of rotatable bonds is 3. The number of carbonyl (C=O) groups is 1. The first kappa shape index (κ1) is 11.1. The summed E-state index contributed by atoms with van der Waals surface area (Å²) in [6.45, 7) is 2.77. The molecular weight excluding hydrogens is 202 g/mol. The van der Waals surface area contributed by atoms with Gasteiger partial charge in [0.15, 0.2) is 0 Å². The molecule has 0 aliphatic heterocycles. The number of amides is 1. The first-order chi connectivity index (χ1) is 6.72. The molecule has 1 rings (SSSR count). The molecule has 1 atom stereocenters. The average molecular weight is 216 g/mol. The molecule has 0 aromatic carbocycles. The highest BCUT2D eigenvalue weighted by Crippen LogP contribution is 2.17. The van der Waals surface area contributed by atoms with Gasteiger partial charge in [0.1, 0.15) is 0 Å². The van der Waals surface area contributed by atoms with Gasteiger partial charge >= 0.3 is 6.09 Å². The lowest BCUT2D eigenvalue weighted by molar-refractivity contribution is 0.151. The number of ether oxygens (including phenoxy) is 1. The van der Waals surface area contributed by atoms with Crippen LogP contribution >= 0.6 is 11.6 Å². The molecular formula is C10H14ClNO2. The average Bonchev–Trinajstić information content (AvgIpc) is 2.17.